The third-order valence-electron chi connectivity index (χ3n) is 2.76. The van der Waals surface area contributed by atoms with Crippen LogP contribution in [0.5, 0.6) is 0 Å². The van der Waals surface area contributed by atoms with Crippen molar-refractivity contribution in [1.29, 1.82) is 0 Å². The predicted octanol–water partition coefficient (Wildman–Crippen LogP) is 1.46. The van der Waals surface area contributed by atoms with Gasteiger partial charge in [-0.25, -0.2) is 4.98 Å². The molecule has 0 aliphatic carbocycles. The molecule has 0 saturated carbocycles. The number of rotatable bonds is 6. The Hall–Kier alpha value is -1.40. The zero-order valence-electron chi connectivity index (χ0n) is 11.2. The van der Waals surface area contributed by atoms with Crippen molar-refractivity contribution in [3.05, 3.63) is 23.5 Å². The van der Waals surface area contributed by atoms with Crippen molar-refractivity contribution in [3.63, 3.8) is 0 Å². The number of aromatic nitrogens is 2. The smallest absolute Gasteiger partial charge is 0.226 e. The molecule has 0 saturated heterocycles. The van der Waals surface area contributed by atoms with E-state index < -0.39 is 6.10 Å². The van der Waals surface area contributed by atoms with E-state index >= 15 is 0 Å². The van der Waals surface area contributed by atoms with Gasteiger partial charge in [-0.15, -0.1) is 11.3 Å². The van der Waals surface area contributed by atoms with Crippen LogP contribution in [0.25, 0.3) is 4.96 Å². The van der Waals surface area contributed by atoms with Gasteiger partial charge in [-0.1, -0.05) is 13.8 Å². The van der Waals surface area contributed by atoms with Crippen molar-refractivity contribution < 1.29 is 9.90 Å². The molecule has 2 rings (SSSR count). The molecule has 2 N–H and O–H groups in total. The Kier molecular flexibility index (Phi) is 4.55. The fourth-order valence-electron chi connectivity index (χ4n) is 1.95. The van der Waals surface area contributed by atoms with Gasteiger partial charge in [0.05, 0.1) is 18.2 Å². The number of thiazole rings is 1. The molecule has 0 bridgehead atoms. The summed E-state index contributed by atoms with van der Waals surface area (Å²) in [5, 5.41) is 14.4. The van der Waals surface area contributed by atoms with Crippen molar-refractivity contribution in [2.45, 2.75) is 32.8 Å². The second-order valence-electron chi connectivity index (χ2n) is 5.09. The number of nitrogens with one attached hydrogen (secondary N) is 1. The molecule has 0 radical (unpaired) electrons. The van der Waals surface area contributed by atoms with Gasteiger partial charge in [0.25, 0.3) is 0 Å². The summed E-state index contributed by atoms with van der Waals surface area (Å²) >= 11 is 1.54. The SMILES string of the molecule is CC(C)CC(O)CNC(=O)Cc1cn2ccsc2n1. The number of imidazole rings is 1. The van der Waals surface area contributed by atoms with Gasteiger partial charge >= 0.3 is 0 Å². The lowest BCUT2D eigenvalue weighted by molar-refractivity contribution is -0.121. The van der Waals surface area contributed by atoms with Crippen LogP contribution >= 0.6 is 11.3 Å². The highest BCUT2D eigenvalue weighted by molar-refractivity contribution is 7.15. The Morgan fingerprint density at radius 3 is 3.05 bits per heavy atom. The highest BCUT2D eigenvalue weighted by atomic mass is 32.1. The van der Waals surface area contributed by atoms with Gasteiger partial charge in [0.15, 0.2) is 4.96 Å². The van der Waals surface area contributed by atoms with Crippen molar-refractivity contribution in [3.8, 4) is 0 Å². The van der Waals surface area contributed by atoms with E-state index in [1.54, 1.807) is 11.3 Å². The number of amides is 1. The number of hydrogen-bond donors (Lipinski definition) is 2. The number of carbonyl (C=O) groups is 1. The summed E-state index contributed by atoms with van der Waals surface area (Å²) in [5.74, 6) is 0.320. The Bertz CT molecular complexity index is 518. The van der Waals surface area contributed by atoms with E-state index in [-0.39, 0.29) is 12.3 Å². The second-order valence-corrected chi connectivity index (χ2v) is 5.96. The van der Waals surface area contributed by atoms with Crippen molar-refractivity contribution in [2.24, 2.45) is 5.92 Å². The Balaban J connectivity index is 1.79. The topological polar surface area (TPSA) is 66.6 Å². The molecule has 1 amide bonds. The molecular formula is C13H19N3O2S. The summed E-state index contributed by atoms with van der Waals surface area (Å²) in [5.41, 5.74) is 0.752. The average molecular weight is 281 g/mol. The van der Waals surface area contributed by atoms with Crippen LogP contribution < -0.4 is 5.32 Å². The molecule has 0 aromatic carbocycles. The van der Waals surface area contributed by atoms with Gasteiger partial charge in [0.2, 0.25) is 5.91 Å². The zero-order valence-corrected chi connectivity index (χ0v) is 12.0. The number of hydrogen-bond acceptors (Lipinski definition) is 4. The van der Waals surface area contributed by atoms with Gasteiger partial charge in [-0.05, 0) is 12.3 Å². The lowest BCUT2D eigenvalue weighted by Gasteiger charge is -2.13. The predicted molar refractivity (Wildman–Crippen MR) is 75.2 cm³/mol. The Morgan fingerprint density at radius 1 is 1.58 bits per heavy atom. The van der Waals surface area contributed by atoms with Gasteiger partial charge < -0.3 is 10.4 Å². The summed E-state index contributed by atoms with van der Waals surface area (Å²) in [6.07, 6.45) is 4.24. The van der Waals surface area contributed by atoms with Gasteiger partial charge in [-0.2, -0.15) is 0 Å². The van der Waals surface area contributed by atoms with Gasteiger partial charge in [0.1, 0.15) is 0 Å². The molecule has 1 atom stereocenters. The highest BCUT2D eigenvalue weighted by Gasteiger charge is 2.11. The fourth-order valence-corrected chi connectivity index (χ4v) is 2.67. The van der Waals surface area contributed by atoms with Crippen LogP contribution in [0.2, 0.25) is 0 Å². The van der Waals surface area contributed by atoms with Crippen LogP contribution in [0.1, 0.15) is 26.0 Å². The molecule has 2 heterocycles. The maximum Gasteiger partial charge on any atom is 0.226 e. The maximum atomic E-state index is 11.7. The van der Waals surface area contributed by atoms with E-state index in [4.69, 9.17) is 0 Å². The van der Waals surface area contributed by atoms with E-state index in [1.165, 1.54) is 0 Å². The summed E-state index contributed by atoms with van der Waals surface area (Å²) < 4.78 is 1.90. The van der Waals surface area contributed by atoms with Gasteiger partial charge in [0, 0.05) is 24.3 Å². The van der Waals surface area contributed by atoms with Crippen molar-refractivity contribution in [1.82, 2.24) is 14.7 Å². The summed E-state index contributed by atoms with van der Waals surface area (Å²) in [4.78, 5) is 17.0. The van der Waals surface area contributed by atoms with Crippen molar-refractivity contribution in [2.75, 3.05) is 6.54 Å². The standard InChI is InChI=1S/C13H19N3O2S/c1-9(2)5-11(17)7-14-12(18)6-10-8-16-3-4-19-13(16)15-10/h3-4,8-9,11,17H,5-7H2,1-2H3,(H,14,18). The molecule has 0 aliphatic rings. The number of aliphatic hydroxyl groups is 1. The lowest BCUT2D eigenvalue weighted by Crippen LogP contribution is -2.33. The third-order valence-corrected chi connectivity index (χ3v) is 3.53. The van der Waals surface area contributed by atoms with E-state index in [1.807, 2.05) is 36.0 Å². The first-order chi connectivity index (χ1) is 9.04. The summed E-state index contributed by atoms with van der Waals surface area (Å²) in [6, 6.07) is 0. The van der Waals surface area contributed by atoms with Crippen LogP contribution in [0, 0.1) is 5.92 Å². The maximum absolute atomic E-state index is 11.7. The molecule has 1 unspecified atom stereocenters. The minimum atomic E-state index is -0.477. The summed E-state index contributed by atoms with van der Waals surface area (Å²) in [7, 11) is 0. The first-order valence-electron chi connectivity index (χ1n) is 6.40. The first-order valence-corrected chi connectivity index (χ1v) is 7.28. The van der Waals surface area contributed by atoms with Crippen molar-refractivity contribution >= 4 is 22.2 Å². The van der Waals surface area contributed by atoms with E-state index in [0.29, 0.717) is 18.9 Å². The third kappa shape index (κ3) is 4.04. The number of fused-ring (bicyclic) bond motifs is 1. The molecule has 2 aromatic rings. The molecular weight excluding hydrogens is 262 g/mol. The summed E-state index contributed by atoms with van der Waals surface area (Å²) in [6.45, 7) is 4.39. The quantitative estimate of drug-likeness (QED) is 0.842. The zero-order chi connectivity index (χ0) is 13.8. The fraction of sp³-hybridized carbons (Fsp3) is 0.538. The molecule has 0 aliphatic heterocycles. The van der Waals surface area contributed by atoms with Gasteiger partial charge in [-0.3, -0.25) is 9.20 Å². The number of carbonyl (C=O) groups excluding carboxylic acids is 1. The minimum Gasteiger partial charge on any atom is -0.391 e. The molecule has 0 spiro atoms. The highest BCUT2D eigenvalue weighted by Crippen LogP contribution is 2.11. The van der Waals surface area contributed by atoms with Crippen LogP contribution in [0.4, 0.5) is 0 Å². The second kappa shape index (κ2) is 6.16. The van der Waals surface area contributed by atoms with E-state index in [9.17, 15) is 9.90 Å². The molecule has 104 valence electrons. The first kappa shape index (κ1) is 14.0. The number of nitrogens with zero attached hydrogens (tertiary/aromatic N) is 2. The molecule has 0 fully saturated rings. The Labute approximate surface area is 116 Å². The van der Waals surface area contributed by atoms with Crippen LogP contribution in [-0.2, 0) is 11.2 Å². The van der Waals surface area contributed by atoms with Crippen LogP contribution in [0.15, 0.2) is 17.8 Å². The minimum absolute atomic E-state index is 0.103. The normalized spacial score (nSPS) is 13.1. The molecule has 2 aromatic heterocycles. The number of aliphatic hydroxyl groups excluding tert-OH is 1. The van der Waals surface area contributed by atoms with E-state index in [2.05, 4.69) is 10.3 Å². The molecule has 19 heavy (non-hydrogen) atoms. The van der Waals surface area contributed by atoms with Crippen LogP contribution in [0.3, 0.4) is 0 Å². The average Bonchev–Trinajstić information content (AvgIpc) is 2.85. The largest absolute Gasteiger partial charge is 0.391 e. The monoisotopic (exact) mass is 281 g/mol. The Morgan fingerprint density at radius 2 is 2.37 bits per heavy atom. The molecule has 6 heteroatoms. The lowest BCUT2D eigenvalue weighted by atomic mass is 10.1. The van der Waals surface area contributed by atoms with Crippen LogP contribution in [-0.4, -0.2) is 33.0 Å². The molecule has 5 nitrogen and oxygen atoms in total. The van der Waals surface area contributed by atoms with E-state index in [0.717, 1.165) is 10.7 Å².